The lowest BCUT2D eigenvalue weighted by Gasteiger charge is -2.04. The fraction of sp³-hybridized carbons (Fsp3) is 0.963. The van der Waals surface area contributed by atoms with Crippen molar-refractivity contribution in [2.24, 2.45) is 0 Å². The first-order valence-electron chi connectivity index (χ1n) is 13.5. The summed E-state index contributed by atoms with van der Waals surface area (Å²) in [5, 5.41) is 0.438. The Morgan fingerprint density at radius 3 is 1.14 bits per heavy atom. The van der Waals surface area contributed by atoms with Gasteiger partial charge in [-0.05, 0) is 12.8 Å². The molecule has 0 amide bonds. The maximum absolute atomic E-state index is 11.9. The van der Waals surface area contributed by atoms with Gasteiger partial charge in [0.25, 0.3) is 0 Å². The molecule has 0 aliphatic heterocycles. The van der Waals surface area contributed by atoms with Crippen molar-refractivity contribution in [3.8, 4) is 0 Å². The molecule has 0 radical (unpaired) electrons. The van der Waals surface area contributed by atoms with E-state index >= 15 is 0 Å². The van der Waals surface area contributed by atoms with Crippen molar-refractivity contribution in [3.63, 3.8) is 0 Å². The van der Waals surface area contributed by atoms with Crippen molar-refractivity contribution in [1.29, 1.82) is 0 Å². The zero-order valence-corrected chi connectivity index (χ0v) is 21.1. The van der Waals surface area contributed by atoms with E-state index in [1.54, 1.807) is 11.8 Å². The largest absolute Gasteiger partial charge is 0.287 e. The topological polar surface area (TPSA) is 17.1 Å². The standard InChI is InChI=1S/C27H54OS/c1-3-5-7-9-11-13-14-15-16-17-19-21-23-25-27(28)29-26-24-22-20-18-12-10-8-6-4-2/h3-26H2,1-2H3. The van der Waals surface area contributed by atoms with Crippen molar-refractivity contribution in [2.45, 2.75) is 162 Å². The van der Waals surface area contributed by atoms with Crippen LogP contribution in [0.1, 0.15) is 162 Å². The molecule has 0 unspecified atom stereocenters. The Hall–Kier alpha value is 0.0200. The first-order valence-corrected chi connectivity index (χ1v) is 14.5. The predicted molar refractivity (Wildman–Crippen MR) is 135 cm³/mol. The highest BCUT2D eigenvalue weighted by Crippen LogP contribution is 2.16. The molecule has 0 rings (SSSR count). The molecular weight excluding hydrogens is 372 g/mol. The number of unbranched alkanes of at least 4 members (excludes halogenated alkanes) is 20. The number of hydrogen-bond donors (Lipinski definition) is 0. The Labute approximate surface area is 189 Å². The quantitative estimate of drug-likeness (QED) is 0.143. The van der Waals surface area contributed by atoms with E-state index in [-0.39, 0.29) is 0 Å². The van der Waals surface area contributed by atoms with Gasteiger partial charge >= 0.3 is 0 Å². The molecule has 1 nitrogen and oxygen atoms in total. The normalized spacial score (nSPS) is 11.2. The summed E-state index contributed by atoms with van der Waals surface area (Å²) >= 11 is 1.60. The average molecular weight is 427 g/mol. The van der Waals surface area contributed by atoms with Gasteiger partial charge < -0.3 is 0 Å². The predicted octanol–water partition coefficient (Wildman–Crippen LogP) is 10.3. The molecule has 0 aliphatic carbocycles. The Kier molecular flexibility index (Phi) is 26.1. The summed E-state index contributed by atoms with van der Waals surface area (Å²) in [6.45, 7) is 4.56. The first-order chi connectivity index (χ1) is 14.3. The van der Waals surface area contributed by atoms with Crippen LogP contribution in [0, 0.1) is 0 Å². The third kappa shape index (κ3) is 26.0. The SMILES string of the molecule is CCCCCCCCCCCCCCCC(=O)SCCCCCCCCCCC. The van der Waals surface area contributed by atoms with Crippen LogP contribution in [-0.4, -0.2) is 10.9 Å². The lowest BCUT2D eigenvalue weighted by Crippen LogP contribution is -1.94. The smallest absolute Gasteiger partial charge is 0.188 e. The van der Waals surface area contributed by atoms with Crippen LogP contribution >= 0.6 is 11.8 Å². The minimum Gasteiger partial charge on any atom is -0.287 e. The van der Waals surface area contributed by atoms with Gasteiger partial charge in [0.2, 0.25) is 0 Å². The van der Waals surface area contributed by atoms with E-state index in [0.29, 0.717) is 5.12 Å². The minimum absolute atomic E-state index is 0.438. The van der Waals surface area contributed by atoms with Crippen molar-refractivity contribution in [1.82, 2.24) is 0 Å². The zero-order valence-electron chi connectivity index (χ0n) is 20.3. The summed E-state index contributed by atoms with van der Waals surface area (Å²) in [6.07, 6.45) is 30.9. The van der Waals surface area contributed by atoms with Crippen LogP contribution in [0.3, 0.4) is 0 Å². The molecular formula is C27H54OS. The first kappa shape index (κ1) is 29.0. The second-order valence-corrected chi connectivity index (χ2v) is 10.2. The molecule has 0 atom stereocenters. The monoisotopic (exact) mass is 426 g/mol. The second kappa shape index (κ2) is 26.1. The Bertz CT molecular complexity index is 316. The van der Waals surface area contributed by atoms with E-state index in [0.717, 1.165) is 18.6 Å². The van der Waals surface area contributed by atoms with E-state index in [4.69, 9.17) is 0 Å². The summed E-state index contributed by atoms with van der Waals surface area (Å²) in [7, 11) is 0. The summed E-state index contributed by atoms with van der Waals surface area (Å²) in [4.78, 5) is 11.9. The third-order valence-corrected chi connectivity index (χ3v) is 7.01. The van der Waals surface area contributed by atoms with Crippen LogP contribution in [0.2, 0.25) is 0 Å². The molecule has 0 N–H and O–H groups in total. The summed E-state index contributed by atoms with van der Waals surface area (Å²) in [5.74, 6) is 1.05. The van der Waals surface area contributed by atoms with Gasteiger partial charge in [-0.15, -0.1) is 0 Å². The lowest BCUT2D eigenvalue weighted by molar-refractivity contribution is -0.111. The molecule has 0 bridgehead atoms. The maximum Gasteiger partial charge on any atom is 0.188 e. The van der Waals surface area contributed by atoms with E-state index in [2.05, 4.69) is 13.8 Å². The summed E-state index contributed by atoms with van der Waals surface area (Å²) in [5.41, 5.74) is 0. The van der Waals surface area contributed by atoms with E-state index in [1.807, 2.05) is 0 Å². The number of hydrogen-bond acceptors (Lipinski definition) is 2. The molecule has 0 saturated carbocycles. The van der Waals surface area contributed by atoms with Gasteiger partial charge in [0.1, 0.15) is 0 Å². The van der Waals surface area contributed by atoms with Crippen LogP contribution < -0.4 is 0 Å². The number of carbonyl (C=O) groups is 1. The van der Waals surface area contributed by atoms with Gasteiger partial charge in [0.15, 0.2) is 5.12 Å². The van der Waals surface area contributed by atoms with Gasteiger partial charge in [-0.3, -0.25) is 4.79 Å². The van der Waals surface area contributed by atoms with Gasteiger partial charge in [-0.25, -0.2) is 0 Å². The van der Waals surface area contributed by atoms with Crippen molar-refractivity contribution in [3.05, 3.63) is 0 Å². The number of carbonyl (C=O) groups excluding carboxylic acids is 1. The number of rotatable bonds is 24. The molecule has 0 aromatic carbocycles. The number of thioether (sulfide) groups is 1. The fourth-order valence-corrected chi connectivity index (χ4v) is 4.82. The maximum atomic E-state index is 11.9. The molecule has 174 valence electrons. The molecule has 0 fully saturated rings. The highest BCUT2D eigenvalue weighted by Gasteiger charge is 2.02. The highest BCUT2D eigenvalue weighted by atomic mass is 32.2. The molecule has 0 heterocycles. The highest BCUT2D eigenvalue weighted by molar-refractivity contribution is 8.13. The Morgan fingerprint density at radius 1 is 0.448 bits per heavy atom. The molecule has 0 aromatic rings. The lowest BCUT2D eigenvalue weighted by atomic mass is 10.0. The van der Waals surface area contributed by atoms with E-state index < -0.39 is 0 Å². The van der Waals surface area contributed by atoms with Gasteiger partial charge in [-0.2, -0.15) is 0 Å². The Balaban J connectivity index is 3.13. The molecule has 0 aliphatic rings. The minimum atomic E-state index is 0.438. The summed E-state index contributed by atoms with van der Waals surface area (Å²) < 4.78 is 0. The van der Waals surface area contributed by atoms with Crippen LogP contribution in [0.4, 0.5) is 0 Å². The van der Waals surface area contributed by atoms with Crippen molar-refractivity contribution in [2.75, 3.05) is 5.75 Å². The third-order valence-electron chi connectivity index (χ3n) is 6.00. The van der Waals surface area contributed by atoms with Crippen LogP contribution in [0.25, 0.3) is 0 Å². The van der Waals surface area contributed by atoms with E-state index in [9.17, 15) is 4.79 Å². The van der Waals surface area contributed by atoms with E-state index in [1.165, 1.54) is 135 Å². The van der Waals surface area contributed by atoms with Crippen LogP contribution in [-0.2, 0) is 4.79 Å². The van der Waals surface area contributed by atoms with Crippen molar-refractivity contribution >= 4 is 16.9 Å². The van der Waals surface area contributed by atoms with Gasteiger partial charge in [0, 0.05) is 12.2 Å². The molecule has 2 heteroatoms. The molecule has 29 heavy (non-hydrogen) atoms. The Morgan fingerprint density at radius 2 is 0.759 bits per heavy atom. The van der Waals surface area contributed by atoms with Crippen LogP contribution in [0.5, 0.6) is 0 Å². The van der Waals surface area contributed by atoms with Crippen molar-refractivity contribution < 1.29 is 4.79 Å². The molecule has 0 spiro atoms. The second-order valence-electron chi connectivity index (χ2n) is 9.04. The van der Waals surface area contributed by atoms with Crippen LogP contribution in [0.15, 0.2) is 0 Å². The van der Waals surface area contributed by atoms with Gasteiger partial charge in [-0.1, -0.05) is 154 Å². The average Bonchev–Trinajstić information content (AvgIpc) is 2.72. The van der Waals surface area contributed by atoms with Gasteiger partial charge in [0.05, 0.1) is 0 Å². The fourth-order valence-electron chi connectivity index (χ4n) is 3.96. The molecule has 0 saturated heterocycles. The summed E-state index contributed by atoms with van der Waals surface area (Å²) in [6, 6.07) is 0. The molecule has 0 aromatic heterocycles. The zero-order chi connectivity index (χ0) is 21.3.